The Morgan fingerprint density at radius 2 is 2.38 bits per heavy atom. The first-order valence-electron chi connectivity index (χ1n) is 4.51. The Balaban J connectivity index is 2.67. The number of carbonyl (C=O) groups excluding carboxylic acids is 1. The van der Waals surface area contributed by atoms with E-state index in [-0.39, 0.29) is 18.8 Å². The molecule has 1 rings (SSSR count). The number of methoxy groups -OCH3 is 1. The number of hydrogen-bond acceptors (Lipinski definition) is 5. The van der Waals surface area contributed by atoms with Crippen molar-refractivity contribution < 1.29 is 19.4 Å². The van der Waals surface area contributed by atoms with E-state index >= 15 is 0 Å². The molecule has 0 spiro atoms. The Morgan fingerprint density at radius 3 is 2.88 bits per heavy atom. The molecular formula is C8H12N4O4. The number of ether oxygens (including phenoxy) is 1. The van der Waals surface area contributed by atoms with Crippen molar-refractivity contribution in [2.24, 2.45) is 0 Å². The average molecular weight is 228 g/mol. The summed E-state index contributed by atoms with van der Waals surface area (Å²) in [4.78, 5) is 23.4. The van der Waals surface area contributed by atoms with E-state index in [0.717, 1.165) is 4.90 Å². The fraction of sp³-hybridized carbons (Fsp3) is 0.500. The van der Waals surface area contributed by atoms with Crippen LogP contribution in [0.4, 0.5) is 0 Å². The maximum absolute atomic E-state index is 11.7. The van der Waals surface area contributed by atoms with Crippen LogP contribution in [-0.2, 0) is 9.53 Å². The number of aromatic amines is 1. The number of nitrogens with one attached hydrogen (secondary N) is 1. The number of aliphatic carboxylic acids is 1. The topological polar surface area (TPSA) is 108 Å². The van der Waals surface area contributed by atoms with Gasteiger partial charge in [0.2, 0.25) is 0 Å². The highest BCUT2D eigenvalue weighted by Gasteiger charge is 2.20. The zero-order valence-corrected chi connectivity index (χ0v) is 8.71. The first kappa shape index (κ1) is 12.1. The first-order chi connectivity index (χ1) is 7.65. The SMILES string of the molecule is COCCN(CC(=O)O)C(=O)c1cn[nH]n1. The molecule has 8 heteroatoms. The van der Waals surface area contributed by atoms with Crippen LogP contribution in [0.25, 0.3) is 0 Å². The van der Waals surface area contributed by atoms with Crippen LogP contribution in [-0.4, -0.2) is 64.1 Å². The molecule has 16 heavy (non-hydrogen) atoms. The van der Waals surface area contributed by atoms with Gasteiger partial charge in [0.25, 0.3) is 5.91 Å². The first-order valence-corrected chi connectivity index (χ1v) is 4.51. The molecule has 1 amide bonds. The van der Waals surface area contributed by atoms with Gasteiger partial charge in [-0.1, -0.05) is 0 Å². The zero-order chi connectivity index (χ0) is 12.0. The number of amides is 1. The second kappa shape index (κ2) is 5.81. The summed E-state index contributed by atoms with van der Waals surface area (Å²) in [5.74, 6) is -1.58. The minimum Gasteiger partial charge on any atom is -0.480 e. The molecule has 0 saturated carbocycles. The summed E-state index contributed by atoms with van der Waals surface area (Å²) in [6.45, 7) is 0.0560. The molecule has 8 nitrogen and oxygen atoms in total. The minimum absolute atomic E-state index is 0.0809. The highest BCUT2D eigenvalue weighted by Crippen LogP contribution is 1.99. The lowest BCUT2D eigenvalue weighted by molar-refractivity contribution is -0.137. The maximum atomic E-state index is 11.7. The number of nitrogens with zero attached hydrogens (tertiary/aromatic N) is 3. The Kier molecular flexibility index (Phi) is 4.40. The molecule has 0 aromatic carbocycles. The lowest BCUT2D eigenvalue weighted by Gasteiger charge is -2.18. The second-order valence-electron chi connectivity index (χ2n) is 2.97. The molecule has 0 radical (unpaired) electrons. The lowest BCUT2D eigenvalue weighted by atomic mass is 10.3. The third-order valence-corrected chi connectivity index (χ3v) is 1.81. The predicted octanol–water partition coefficient (Wildman–Crippen LogP) is -1.02. The van der Waals surface area contributed by atoms with Crippen molar-refractivity contribution in [1.29, 1.82) is 0 Å². The van der Waals surface area contributed by atoms with E-state index in [4.69, 9.17) is 9.84 Å². The van der Waals surface area contributed by atoms with E-state index in [0.29, 0.717) is 0 Å². The fourth-order valence-corrected chi connectivity index (χ4v) is 1.08. The number of carboxylic acid groups (broad SMARTS) is 1. The number of carbonyl (C=O) groups is 2. The third kappa shape index (κ3) is 3.31. The van der Waals surface area contributed by atoms with Gasteiger partial charge in [-0.2, -0.15) is 15.4 Å². The van der Waals surface area contributed by atoms with Crippen LogP contribution in [0.2, 0.25) is 0 Å². The van der Waals surface area contributed by atoms with Crippen LogP contribution in [0, 0.1) is 0 Å². The van der Waals surface area contributed by atoms with Crippen molar-refractivity contribution in [3.8, 4) is 0 Å². The van der Waals surface area contributed by atoms with Gasteiger partial charge >= 0.3 is 5.97 Å². The largest absolute Gasteiger partial charge is 0.480 e. The van der Waals surface area contributed by atoms with E-state index in [1.165, 1.54) is 13.3 Å². The van der Waals surface area contributed by atoms with E-state index in [1.54, 1.807) is 0 Å². The quantitative estimate of drug-likeness (QED) is 0.645. The molecule has 2 N–H and O–H groups in total. The van der Waals surface area contributed by atoms with Gasteiger partial charge in [-0.3, -0.25) is 9.59 Å². The molecule has 1 aromatic rings. The standard InChI is InChI=1S/C8H12N4O4/c1-16-3-2-12(5-7(13)14)8(15)6-4-9-11-10-6/h4H,2-3,5H2,1H3,(H,13,14)(H,9,10,11). The average Bonchev–Trinajstić information content (AvgIpc) is 2.76. The summed E-state index contributed by atoms with van der Waals surface area (Å²) in [5.41, 5.74) is 0.0809. The number of hydrogen-bond donors (Lipinski definition) is 2. The Morgan fingerprint density at radius 1 is 1.62 bits per heavy atom. The Hall–Kier alpha value is -1.96. The van der Waals surface area contributed by atoms with Gasteiger partial charge in [-0.25, -0.2) is 0 Å². The lowest BCUT2D eigenvalue weighted by Crippen LogP contribution is -2.38. The van der Waals surface area contributed by atoms with Crippen LogP contribution in [0.3, 0.4) is 0 Å². The van der Waals surface area contributed by atoms with Crippen LogP contribution < -0.4 is 0 Å². The van der Waals surface area contributed by atoms with Crippen LogP contribution in [0.5, 0.6) is 0 Å². The molecule has 0 saturated heterocycles. The number of aromatic nitrogens is 3. The fourth-order valence-electron chi connectivity index (χ4n) is 1.08. The van der Waals surface area contributed by atoms with Crippen molar-refractivity contribution in [3.05, 3.63) is 11.9 Å². The molecule has 1 heterocycles. The van der Waals surface area contributed by atoms with Gasteiger partial charge in [-0.05, 0) is 0 Å². The third-order valence-electron chi connectivity index (χ3n) is 1.81. The van der Waals surface area contributed by atoms with Crippen molar-refractivity contribution in [1.82, 2.24) is 20.3 Å². The van der Waals surface area contributed by atoms with Crippen LogP contribution in [0.1, 0.15) is 10.5 Å². The van der Waals surface area contributed by atoms with Gasteiger partial charge in [0, 0.05) is 13.7 Å². The monoisotopic (exact) mass is 228 g/mol. The van der Waals surface area contributed by atoms with E-state index < -0.39 is 18.4 Å². The molecule has 0 unspecified atom stereocenters. The number of carboxylic acids is 1. The van der Waals surface area contributed by atoms with Crippen molar-refractivity contribution >= 4 is 11.9 Å². The maximum Gasteiger partial charge on any atom is 0.323 e. The van der Waals surface area contributed by atoms with E-state index in [1.807, 2.05) is 0 Å². The molecular weight excluding hydrogens is 216 g/mol. The predicted molar refractivity (Wildman–Crippen MR) is 51.8 cm³/mol. The summed E-state index contributed by atoms with van der Waals surface area (Å²) in [7, 11) is 1.47. The number of H-pyrrole nitrogens is 1. The Bertz CT molecular complexity index is 351. The highest BCUT2D eigenvalue weighted by molar-refractivity contribution is 5.93. The summed E-state index contributed by atoms with van der Waals surface area (Å²) in [5, 5.41) is 18.0. The van der Waals surface area contributed by atoms with E-state index in [2.05, 4.69) is 15.4 Å². The van der Waals surface area contributed by atoms with Gasteiger partial charge in [0.1, 0.15) is 6.54 Å². The number of rotatable bonds is 6. The smallest absolute Gasteiger partial charge is 0.323 e. The summed E-state index contributed by atoms with van der Waals surface area (Å²) >= 11 is 0. The molecule has 1 aromatic heterocycles. The van der Waals surface area contributed by atoms with Gasteiger partial charge in [0.15, 0.2) is 5.69 Å². The van der Waals surface area contributed by atoms with Crippen LogP contribution >= 0.6 is 0 Å². The highest BCUT2D eigenvalue weighted by atomic mass is 16.5. The summed E-state index contributed by atoms with van der Waals surface area (Å²) in [6, 6.07) is 0. The molecule has 0 aliphatic rings. The van der Waals surface area contributed by atoms with Crippen molar-refractivity contribution in [3.63, 3.8) is 0 Å². The molecule has 0 aliphatic heterocycles. The zero-order valence-electron chi connectivity index (χ0n) is 8.71. The van der Waals surface area contributed by atoms with Crippen molar-refractivity contribution in [2.75, 3.05) is 26.8 Å². The minimum atomic E-state index is -1.09. The Labute approximate surface area is 91.2 Å². The van der Waals surface area contributed by atoms with Gasteiger partial charge in [0.05, 0.1) is 12.8 Å². The van der Waals surface area contributed by atoms with Gasteiger partial charge in [-0.15, -0.1) is 0 Å². The van der Waals surface area contributed by atoms with Crippen molar-refractivity contribution in [2.45, 2.75) is 0 Å². The van der Waals surface area contributed by atoms with Gasteiger partial charge < -0.3 is 14.7 Å². The normalized spacial score (nSPS) is 10.1. The van der Waals surface area contributed by atoms with E-state index in [9.17, 15) is 9.59 Å². The summed E-state index contributed by atoms with van der Waals surface area (Å²) < 4.78 is 4.79. The molecule has 88 valence electrons. The molecule has 0 fully saturated rings. The summed E-state index contributed by atoms with van der Waals surface area (Å²) in [6.07, 6.45) is 1.24. The molecule has 0 bridgehead atoms. The van der Waals surface area contributed by atoms with Crippen LogP contribution in [0.15, 0.2) is 6.20 Å². The molecule has 0 atom stereocenters. The molecule has 0 aliphatic carbocycles. The second-order valence-corrected chi connectivity index (χ2v) is 2.97.